The normalized spacial score (nSPS) is 18.7. The van der Waals surface area contributed by atoms with Crippen LogP contribution < -0.4 is 9.47 Å². The molecule has 6 heteroatoms. The van der Waals surface area contributed by atoms with Gasteiger partial charge in [-0.05, 0) is 23.1 Å². The largest absolute Gasteiger partial charge is 0.428 e. The summed E-state index contributed by atoms with van der Waals surface area (Å²) in [7, 11) is 0. The molecule has 3 nitrogen and oxygen atoms in total. The molecule has 1 aromatic rings. The van der Waals surface area contributed by atoms with Crippen LogP contribution in [0, 0.1) is 0 Å². The minimum atomic E-state index is -4.40. The van der Waals surface area contributed by atoms with Gasteiger partial charge in [-0.25, -0.2) is 0 Å². The van der Waals surface area contributed by atoms with Crippen LogP contribution in [0.2, 0.25) is 0 Å². The molecule has 0 saturated heterocycles. The molecule has 1 aliphatic heterocycles. The molecule has 0 N–H and O–H groups in total. The van der Waals surface area contributed by atoms with E-state index in [1.807, 2.05) is 26.8 Å². The van der Waals surface area contributed by atoms with Gasteiger partial charge in [0.05, 0.1) is 0 Å². The highest BCUT2D eigenvalue weighted by molar-refractivity contribution is 5.46. The molecule has 0 fully saturated rings. The predicted molar refractivity (Wildman–Crippen MR) is 62.2 cm³/mol. The monoisotopic (exact) mass is 276 g/mol. The first-order chi connectivity index (χ1) is 8.65. The first-order valence-corrected chi connectivity index (χ1v) is 5.81. The lowest BCUT2D eigenvalue weighted by atomic mass is 9.87. The first-order valence-electron chi connectivity index (χ1n) is 5.81. The molecule has 1 heterocycles. The van der Waals surface area contributed by atoms with Crippen LogP contribution in [-0.2, 0) is 10.2 Å². The summed E-state index contributed by atoms with van der Waals surface area (Å²) in [6.07, 6.45) is -4.40. The van der Waals surface area contributed by atoms with Crippen molar-refractivity contribution in [2.24, 2.45) is 0 Å². The van der Waals surface area contributed by atoms with Gasteiger partial charge in [0.2, 0.25) is 0 Å². The summed E-state index contributed by atoms with van der Waals surface area (Å²) >= 11 is 0. The van der Waals surface area contributed by atoms with Crippen LogP contribution >= 0.6 is 0 Å². The van der Waals surface area contributed by atoms with Crippen molar-refractivity contribution in [3.05, 3.63) is 23.8 Å². The van der Waals surface area contributed by atoms with E-state index in [9.17, 15) is 13.2 Å². The Bertz CT molecular complexity index is 463. The minimum absolute atomic E-state index is 0.0801. The van der Waals surface area contributed by atoms with E-state index in [1.165, 1.54) is 0 Å². The zero-order valence-electron chi connectivity index (χ0n) is 10.9. The van der Waals surface area contributed by atoms with E-state index in [2.05, 4.69) is 4.74 Å². The Kier molecular flexibility index (Phi) is 3.38. The number of halogens is 3. The molecule has 0 aromatic heterocycles. The Morgan fingerprint density at radius 3 is 2.32 bits per heavy atom. The number of hydrogen-bond acceptors (Lipinski definition) is 3. The third-order valence-corrected chi connectivity index (χ3v) is 2.64. The van der Waals surface area contributed by atoms with Crippen molar-refractivity contribution in [1.82, 2.24) is 0 Å². The lowest BCUT2D eigenvalue weighted by Gasteiger charge is -2.18. The second-order valence-electron chi connectivity index (χ2n) is 5.36. The van der Waals surface area contributed by atoms with Crippen molar-refractivity contribution in [3.8, 4) is 11.5 Å². The highest BCUT2D eigenvalue weighted by atomic mass is 19.4. The zero-order valence-corrected chi connectivity index (χ0v) is 10.9. The van der Waals surface area contributed by atoms with E-state index in [1.54, 1.807) is 12.1 Å². The van der Waals surface area contributed by atoms with Gasteiger partial charge < -0.3 is 14.2 Å². The van der Waals surface area contributed by atoms with Crippen molar-refractivity contribution < 1.29 is 27.4 Å². The second-order valence-corrected chi connectivity index (χ2v) is 5.36. The molecular weight excluding hydrogens is 261 g/mol. The van der Waals surface area contributed by atoms with Crippen LogP contribution in [0.4, 0.5) is 13.2 Å². The maximum atomic E-state index is 12.0. The Hall–Kier alpha value is -1.43. The van der Waals surface area contributed by atoms with Gasteiger partial charge in [0.15, 0.2) is 18.1 Å². The third-order valence-electron chi connectivity index (χ3n) is 2.64. The van der Waals surface area contributed by atoms with E-state index < -0.39 is 19.3 Å². The topological polar surface area (TPSA) is 27.7 Å². The van der Waals surface area contributed by atoms with Gasteiger partial charge in [0, 0.05) is 0 Å². The molecule has 1 aromatic carbocycles. The molecule has 0 amide bonds. The van der Waals surface area contributed by atoms with Gasteiger partial charge in [0.25, 0.3) is 0 Å². The average Bonchev–Trinajstić information content (AvgIpc) is 2.65. The molecule has 1 aliphatic rings. The first kappa shape index (κ1) is 14.0. The van der Waals surface area contributed by atoms with E-state index in [0.717, 1.165) is 5.56 Å². The van der Waals surface area contributed by atoms with Gasteiger partial charge in [-0.3, -0.25) is 0 Å². The van der Waals surface area contributed by atoms with Crippen molar-refractivity contribution in [2.45, 2.75) is 38.8 Å². The molecule has 0 bridgehead atoms. The molecule has 0 radical (unpaired) electrons. The number of ether oxygens (including phenoxy) is 3. The van der Waals surface area contributed by atoms with Crippen LogP contribution in [-0.4, -0.2) is 19.3 Å². The molecule has 19 heavy (non-hydrogen) atoms. The van der Waals surface area contributed by atoms with Gasteiger partial charge in [-0.2, -0.15) is 13.2 Å². The summed E-state index contributed by atoms with van der Waals surface area (Å²) in [5.41, 5.74) is 0.926. The number of rotatable bonds is 2. The third kappa shape index (κ3) is 3.53. The van der Waals surface area contributed by atoms with Gasteiger partial charge >= 0.3 is 12.7 Å². The smallest absolute Gasteiger partial charge is 0.412 e. The fraction of sp³-hybridized carbons (Fsp3) is 0.538. The maximum absolute atomic E-state index is 12.0. The summed E-state index contributed by atoms with van der Waals surface area (Å²) < 4.78 is 50.9. The maximum Gasteiger partial charge on any atom is 0.412 e. The van der Waals surface area contributed by atoms with Crippen molar-refractivity contribution >= 4 is 0 Å². The molecule has 1 atom stereocenters. The van der Waals surface area contributed by atoms with Crippen LogP contribution in [0.5, 0.6) is 11.5 Å². The van der Waals surface area contributed by atoms with Crippen LogP contribution in [0.15, 0.2) is 18.2 Å². The van der Waals surface area contributed by atoms with Gasteiger partial charge in [0.1, 0.15) is 0 Å². The van der Waals surface area contributed by atoms with E-state index in [0.29, 0.717) is 11.5 Å². The number of fused-ring (bicyclic) bond motifs is 1. The highest BCUT2D eigenvalue weighted by Gasteiger charge is 2.33. The average molecular weight is 276 g/mol. The van der Waals surface area contributed by atoms with Crippen LogP contribution in [0.1, 0.15) is 26.3 Å². The fourth-order valence-corrected chi connectivity index (χ4v) is 1.63. The van der Waals surface area contributed by atoms with Crippen molar-refractivity contribution in [1.29, 1.82) is 0 Å². The SMILES string of the molecule is CC(C)(C)c1ccc2c(c1)OC(OCC(F)(F)F)O2. The Balaban J connectivity index is 2.04. The van der Waals surface area contributed by atoms with Crippen LogP contribution in [0.25, 0.3) is 0 Å². The lowest BCUT2D eigenvalue weighted by molar-refractivity contribution is -0.248. The predicted octanol–water partition coefficient (Wildman–Crippen LogP) is 3.62. The zero-order chi connectivity index (χ0) is 14.3. The van der Waals surface area contributed by atoms with Gasteiger partial charge in [-0.15, -0.1) is 0 Å². The lowest BCUT2D eigenvalue weighted by Crippen LogP contribution is -2.28. The summed E-state index contributed by atoms with van der Waals surface area (Å²) in [5, 5.41) is 0. The molecular formula is C13H15F3O3. The molecule has 1 unspecified atom stereocenters. The van der Waals surface area contributed by atoms with Gasteiger partial charge in [-0.1, -0.05) is 26.8 Å². The molecule has 0 saturated carbocycles. The molecule has 106 valence electrons. The molecule has 0 aliphatic carbocycles. The van der Waals surface area contributed by atoms with Crippen molar-refractivity contribution in [2.75, 3.05) is 6.61 Å². The molecule has 0 spiro atoms. The number of alkyl halides is 3. The standard InChI is InChI=1S/C13H15F3O3/c1-12(2,3)8-4-5-9-10(6-8)19-11(18-9)17-7-13(14,15)16/h4-6,11H,7H2,1-3H3. The summed E-state index contributed by atoms with van der Waals surface area (Å²) in [4.78, 5) is 0. The summed E-state index contributed by atoms with van der Waals surface area (Å²) in [6.45, 7) is 3.34. The number of benzene rings is 1. The van der Waals surface area contributed by atoms with Crippen LogP contribution in [0.3, 0.4) is 0 Å². The molecule has 2 rings (SSSR count). The Morgan fingerprint density at radius 1 is 1.11 bits per heavy atom. The second kappa shape index (κ2) is 4.59. The summed E-state index contributed by atoms with van der Waals surface area (Å²) in [5.74, 6) is 0.791. The van der Waals surface area contributed by atoms with Crippen molar-refractivity contribution in [3.63, 3.8) is 0 Å². The number of hydrogen-bond donors (Lipinski definition) is 0. The Labute approximate surface area is 109 Å². The minimum Gasteiger partial charge on any atom is -0.428 e. The van der Waals surface area contributed by atoms with E-state index in [4.69, 9.17) is 9.47 Å². The Morgan fingerprint density at radius 2 is 1.74 bits per heavy atom. The fourth-order valence-electron chi connectivity index (χ4n) is 1.63. The van der Waals surface area contributed by atoms with E-state index in [-0.39, 0.29) is 5.41 Å². The van der Waals surface area contributed by atoms with E-state index >= 15 is 0 Å². The quantitative estimate of drug-likeness (QED) is 0.825. The summed E-state index contributed by atoms with van der Waals surface area (Å²) in [6, 6.07) is 5.29. The highest BCUT2D eigenvalue weighted by Crippen LogP contribution is 2.38.